The summed E-state index contributed by atoms with van der Waals surface area (Å²) in [4.78, 5) is 0. The first-order chi connectivity index (χ1) is 6.16. The molecule has 0 aromatic carbocycles. The van der Waals surface area contributed by atoms with Crippen LogP contribution in [0.3, 0.4) is 0 Å². The standard InChI is InChI=1S/C6H7ClN4S2/c1-11-2-3(7)4(10-11)5-8-9-6(12)13-5/h2,5,8H,1H3,(H,9,12)/t5-/m0/s1. The van der Waals surface area contributed by atoms with Crippen LogP contribution in [0.2, 0.25) is 5.02 Å². The van der Waals surface area contributed by atoms with Gasteiger partial charge in [-0.1, -0.05) is 35.6 Å². The van der Waals surface area contributed by atoms with Crippen LogP contribution in [0.4, 0.5) is 0 Å². The molecule has 2 rings (SSSR count). The largest absolute Gasteiger partial charge is 0.305 e. The minimum atomic E-state index is 0.0150. The molecular weight excluding hydrogens is 228 g/mol. The third kappa shape index (κ3) is 1.80. The highest BCUT2D eigenvalue weighted by molar-refractivity contribution is 8.23. The maximum atomic E-state index is 5.97. The average Bonchev–Trinajstić information content (AvgIpc) is 2.58. The van der Waals surface area contributed by atoms with E-state index in [1.165, 1.54) is 11.8 Å². The van der Waals surface area contributed by atoms with Crippen molar-refractivity contribution in [2.45, 2.75) is 5.37 Å². The van der Waals surface area contributed by atoms with E-state index >= 15 is 0 Å². The van der Waals surface area contributed by atoms with E-state index in [0.717, 1.165) is 5.69 Å². The van der Waals surface area contributed by atoms with Crippen LogP contribution in [0.1, 0.15) is 11.1 Å². The van der Waals surface area contributed by atoms with Gasteiger partial charge in [0.1, 0.15) is 15.4 Å². The second-order valence-corrected chi connectivity index (χ2v) is 4.78. The molecule has 1 saturated heterocycles. The molecule has 0 bridgehead atoms. The van der Waals surface area contributed by atoms with Crippen LogP contribution in [0.5, 0.6) is 0 Å². The third-order valence-electron chi connectivity index (χ3n) is 1.59. The molecule has 1 aromatic heterocycles. The second kappa shape index (κ2) is 3.45. The molecule has 0 unspecified atom stereocenters. The zero-order valence-corrected chi connectivity index (χ0v) is 9.13. The van der Waals surface area contributed by atoms with Gasteiger partial charge in [0.15, 0.2) is 0 Å². The minimum absolute atomic E-state index is 0.0150. The molecule has 13 heavy (non-hydrogen) atoms. The van der Waals surface area contributed by atoms with Crippen molar-refractivity contribution in [1.29, 1.82) is 0 Å². The number of nitrogens with zero attached hydrogens (tertiary/aromatic N) is 2. The number of aryl methyl sites for hydroxylation is 1. The maximum absolute atomic E-state index is 5.97. The summed E-state index contributed by atoms with van der Waals surface area (Å²) in [7, 11) is 1.83. The zero-order chi connectivity index (χ0) is 9.42. The van der Waals surface area contributed by atoms with Crippen LogP contribution in [-0.4, -0.2) is 14.1 Å². The molecule has 0 aliphatic carbocycles. The van der Waals surface area contributed by atoms with Crippen molar-refractivity contribution in [3.8, 4) is 0 Å². The maximum Gasteiger partial charge on any atom is 0.150 e. The van der Waals surface area contributed by atoms with E-state index in [2.05, 4.69) is 16.0 Å². The Bertz CT molecular complexity index is 350. The molecule has 7 heteroatoms. The topological polar surface area (TPSA) is 41.9 Å². The van der Waals surface area contributed by atoms with Gasteiger partial charge < -0.3 is 5.43 Å². The van der Waals surface area contributed by atoms with Gasteiger partial charge in [-0.2, -0.15) is 5.10 Å². The van der Waals surface area contributed by atoms with Gasteiger partial charge in [0, 0.05) is 13.2 Å². The van der Waals surface area contributed by atoms with Crippen molar-refractivity contribution in [2.24, 2.45) is 7.05 Å². The lowest BCUT2D eigenvalue weighted by Gasteiger charge is -2.03. The molecule has 2 heterocycles. The fourth-order valence-corrected chi connectivity index (χ4v) is 2.50. The average molecular weight is 235 g/mol. The van der Waals surface area contributed by atoms with E-state index < -0.39 is 0 Å². The number of halogens is 1. The first kappa shape index (κ1) is 9.26. The van der Waals surface area contributed by atoms with Crippen LogP contribution < -0.4 is 10.9 Å². The number of thioether (sulfide) groups is 1. The SMILES string of the molecule is Cn1cc(Cl)c([C@H]2NNC(=S)S2)n1. The number of nitrogens with one attached hydrogen (secondary N) is 2. The van der Waals surface area contributed by atoms with Gasteiger partial charge in [0.25, 0.3) is 0 Å². The summed E-state index contributed by atoms with van der Waals surface area (Å²) in [6.07, 6.45) is 1.76. The highest BCUT2D eigenvalue weighted by Gasteiger charge is 2.25. The molecule has 0 saturated carbocycles. The summed E-state index contributed by atoms with van der Waals surface area (Å²) >= 11 is 12.4. The lowest BCUT2D eigenvalue weighted by atomic mass is 10.4. The number of hydrogen-bond donors (Lipinski definition) is 2. The molecule has 0 amide bonds. The highest BCUT2D eigenvalue weighted by atomic mass is 35.5. The van der Waals surface area contributed by atoms with Crippen molar-refractivity contribution < 1.29 is 0 Å². The van der Waals surface area contributed by atoms with Crippen LogP contribution >= 0.6 is 35.6 Å². The number of aromatic nitrogens is 2. The molecule has 1 aliphatic heterocycles. The second-order valence-electron chi connectivity index (χ2n) is 2.59. The molecule has 1 atom stereocenters. The van der Waals surface area contributed by atoms with Crippen molar-refractivity contribution in [3.05, 3.63) is 16.9 Å². The van der Waals surface area contributed by atoms with E-state index in [1.807, 2.05) is 7.05 Å². The summed E-state index contributed by atoms with van der Waals surface area (Å²) in [5.74, 6) is 0. The van der Waals surface area contributed by atoms with Crippen molar-refractivity contribution in [3.63, 3.8) is 0 Å². The Morgan fingerprint density at radius 1 is 1.77 bits per heavy atom. The van der Waals surface area contributed by atoms with Crippen LogP contribution in [0.25, 0.3) is 0 Å². The van der Waals surface area contributed by atoms with Gasteiger partial charge in [0.2, 0.25) is 0 Å². The Balaban J connectivity index is 2.25. The molecule has 0 radical (unpaired) electrons. The summed E-state index contributed by atoms with van der Waals surface area (Å²) in [5, 5.41) is 4.90. The van der Waals surface area contributed by atoms with Gasteiger partial charge >= 0.3 is 0 Å². The van der Waals surface area contributed by atoms with E-state index in [1.54, 1.807) is 10.9 Å². The van der Waals surface area contributed by atoms with Gasteiger partial charge in [-0.15, -0.1) is 0 Å². The van der Waals surface area contributed by atoms with Crippen molar-refractivity contribution >= 4 is 39.9 Å². The predicted molar refractivity (Wildman–Crippen MR) is 57.4 cm³/mol. The van der Waals surface area contributed by atoms with E-state index in [0.29, 0.717) is 9.34 Å². The summed E-state index contributed by atoms with van der Waals surface area (Å²) in [6.45, 7) is 0. The van der Waals surface area contributed by atoms with Crippen LogP contribution in [0.15, 0.2) is 6.20 Å². The van der Waals surface area contributed by atoms with E-state index in [4.69, 9.17) is 23.8 Å². The van der Waals surface area contributed by atoms with Gasteiger partial charge in [0.05, 0.1) is 5.02 Å². The summed E-state index contributed by atoms with van der Waals surface area (Å²) in [6, 6.07) is 0. The van der Waals surface area contributed by atoms with Crippen LogP contribution in [0, 0.1) is 0 Å². The van der Waals surface area contributed by atoms with E-state index in [9.17, 15) is 0 Å². The zero-order valence-electron chi connectivity index (χ0n) is 6.74. The molecule has 4 nitrogen and oxygen atoms in total. The molecule has 1 aromatic rings. The lowest BCUT2D eigenvalue weighted by Crippen LogP contribution is -2.27. The Morgan fingerprint density at radius 3 is 3.00 bits per heavy atom. The smallest absolute Gasteiger partial charge is 0.150 e. The van der Waals surface area contributed by atoms with Crippen LogP contribution in [-0.2, 0) is 7.05 Å². The quantitative estimate of drug-likeness (QED) is 0.715. The highest BCUT2D eigenvalue weighted by Crippen LogP contribution is 2.32. The molecule has 1 fully saturated rings. The molecule has 2 N–H and O–H groups in total. The molecule has 1 aliphatic rings. The predicted octanol–water partition coefficient (Wildman–Crippen LogP) is 1.20. The number of hydrogen-bond acceptors (Lipinski definition) is 4. The molecule has 0 spiro atoms. The summed E-state index contributed by atoms with van der Waals surface area (Å²) < 4.78 is 2.40. The van der Waals surface area contributed by atoms with E-state index in [-0.39, 0.29) is 5.37 Å². The fraction of sp³-hybridized carbons (Fsp3) is 0.333. The van der Waals surface area contributed by atoms with Crippen molar-refractivity contribution in [2.75, 3.05) is 0 Å². The Hall–Kier alpha value is -0.300. The fourth-order valence-electron chi connectivity index (χ4n) is 1.07. The van der Waals surface area contributed by atoms with Gasteiger partial charge in [-0.05, 0) is 0 Å². The number of rotatable bonds is 1. The molecule has 70 valence electrons. The summed E-state index contributed by atoms with van der Waals surface area (Å²) in [5.41, 5.74) is 6.64. The lowest BCUT2D eigenvalue weighted by molar-refractivity contribution is 0.637. The number of thiocarbonyl (C=S) groups is 1. The first-order valence-corrected chi connectivity index (χ1v) is 5.24. The normalized spacial score (nSPS) is 22.0. The molecular formula is C6H7ClN4S2. The third-order valence-corrected chi connectivity index (χ3v) is 3.16. The van der Waals surface area contributed by atoms with Crippen molar-refractivity contribution in [1.82, 2.24) is 20.6 Å². The monoisotopic (exact) mass is 234 g/mol. The Kier molecular flexibility index (Phi) is 2.46. The first-order valence-electron chi connectivity index (χ1n) is 3.58. The minimum Gasteiger partial charge on any atom is -0.305 e. The Labute approximate surface area is 90.0 Å². The Morgan fingerprint density at radius 2 is 2.54 bits per heavy atom. The number of hydrazine groups is 1. The van der Waals surface area contributed by atoms with Gasteiger partial charge in [-0.3, -0.25) is 4.68 Å². The van der Waals surface area contributed by atoms with Gasteiger partial charge in [-0.25, -0.2) is 5.43 Å².